The first-order valence-electron chi connectivity index (χ1n) is 6.74. The van der Waals surface area contributed by atoms with Crippen LogP contribution in [0.1, 0.15) is 29.3 Å². The summed E-state index contributed by atoms with van der Waals surface area (Å²) in [5.41, 5.74) is 1.42. The standard InChI is InChI=1S/C16H19NS/c1-2-5-13(6-3-1)10-11-17-16(14-8-9-14)15-7-4-12-18-15/h1-7,12,14,16-17H,8-11H2. The molecule has 0 bridgehead atoms. The maximum absolute atomic E-state index is 3.74. The van der Waals surface area contributed by atoms with Crippen LogP contribution in [0.3, 0.4) is 0 Å². The largest absolute Gasteiger partial charge is 0.309 e. The molecule has 3 rings (SSSR count). The van der Waals surface area contributed by atoms with Crippen LogP contribution in [0.15, 0.2) is 47.8 Å². The molecular formula is C16H19NS. The summed E-state index contributed by atoms with van der Waals surface area (Å²) in [6.45, 7) is 1.07. The number of rotatable bonds is 6. The molecule has 1 nitrogen and oxygen atoms in total. The van der Waals surface area contributed by atoms with Crippen LogP contribution in [0.25, 0.3) is 0 Å². The van der Waals surface area contributed by atoms with Crippen LogP contribution >= 0.6 is 11.3 Å². The maximum Gasteiger partial charge on any atom is 0.0443 e. The minimum Gasteiger partial charge on any atom is -0.309 e. The number of thiophene rings is 1. The molecule has 1 aliphatic rings. The van der Waals surface area contributed by atoms with Gasteiger partial charge < -0.3 is 5.32 Å². The Kier molecular flexibility index (Phi) is 3.77. The minimum absolute atomic E-state index is 0.591. The first kappa shape index (κ1) is 11.9. The molecule has 0 radical (unpaired) electrons. The molecule has 1 aromatic carbocycles. The summed E-state index contributed by atoms with van der Waals surface area (Å²) >= 11 is 1.88. The molecule has 18 heavy (non-hydrogen) atoms. The summed E-state index contributed by atoms with van der Waals surface area (Å²) in [5.74, 6) is 0.874. The topological polar surface area (TPSA) is 12.0 Å². The van der Waals surface area contributed by atoms with Gasteiger partial charge in [0.05, 0.1) is 0 Å². The second kappa shape index (κ2) is 5.68. The van der Waals surface area contributed by atoms with Crippen molar-refractivity contribution in [3.63, 3.8) is 0 Å². The van der Waals surface area contributed by atoms with Crippen molar-refractivity contribution in [2.24, 2.45) is 5.92 Å². The van der Waals surface area contributed by atoms with Crippen LogP contribution in [-0.4, -0.2) is 6.54 Å². The molecule has 0 spiro atoms. The van der Waals surface area contributed by atoms with Gasteiger partial charge in [0.25, 0.3) is 0 Å². The molecule has 2 aromatic rings. The summed E-state index contributed by atoms with van der Waals surface area (Å²) in [5, 5.41) is 5.93. The normalized spacial score (nSPS) is 16.7. The van der Waals surface area contributed by atoms with Crippen molar-refractivity contribution < 1.29 is 0 Å². The van der Waals surface area contributed by atoms with Gasteiger partial charge in [-0.05, 0) is 48.7 Å². The van der Waals surface area contributed by atoms with E-state index in [1.165, 1.54) is 23.3 Å². The molecule has 2 heteroatoms. The maximum atomic E-state index is 3.74. The molecule has 1 aliphatic carbocycles. The predicted octanol–water partition coefficient (Wildman–Crippen LogP) is 4.03. The zero-order chi connectivity index (χ0) is 12.2. The first-order valence-corrected chi connectivity index (χ1v) is 7.62. The monoisotopic (exact) mass is 257 g/mol. The third-order valence-electron chi connectivity index (χ3n) is 3.56. The summed E-state index contributed by atoms with van der Waals surface area (Å²) in [4.78, 5) is 1.51. The van der Waals surface area contributed by atoms with Crippen molar-refractivity contribution >= 4 is 11.3 Å². The third kappa shape index (κ3) is 3.01. The van der Waals surface area contributed by atoms with E-state index in [0.29, 0.717) is 6.04 Å². The Morgan fingerprint density at radius 2 is 1.94 bits per heavy atom. The van der Waals surface area contributed by atoms with Gasteiger partial charge in [-0.1, -0.05) is 36.4 Å². The third-order valence-corrected chi connectivity index (χ3v) is 4.52. The zero-order valence-electron chi connectivity index (χ0n) is 10.5. The Bertz CT molecular complexity index is 459. The Balaban J connectivity index is 1.55. The van der Waals surface area contributed by atoms with E-state index in [1.807, 2.05) is 11.3 Å². The van der Waals surface area contributed by atoms with E-state index in [-0.39, 0.29) is 0 Å². The van der Waals surface area contributed by atoms with Crippen molar-refractivity contribution in [1.29, 1.82) is 0 Å². The summed E-state index contributed by atoms with van der Waals surface area (Å²) in [7, 11) is 0. The molecule has 1 aromatic heterocycles. The molecule has 1 unspecified atom stereocenters. The molecule has 1 heterocycles. The number of benzene rings is 1. The van der Waals surface area contributed by atoms with Crippen LogP contribution in [0.5, 0.6) is 0 Å². The Hall–Kier alpha value is -1.12. The predicted molar refractivity (Wildman–Crippen MR) is 77.9 cm³/mol. The van der Waals surface area contributed by atoms with Crippen molar-refractivity contribution in [2.75, 3.05) is 6.54 Å². The van der Waals surface area contributed by atoms with Gasteiger partial charge in [-0.15, -0.1) is 11.3 Å². The lowest BCUT2D eigenvalue weighted by Crippen LogP contribution is -2.24. The number of hydrogen-bond acceptors (Lipinski definition) is 2. The van der Waals surface area contributed by atoms with E-state index in [1.54, 1.807) is 0 Å². The van der Waals surface area contributed by atoms with Crippen LogP contribution in [0.2, 0.25) is 0 Å². The highest BCUT2D eigenvalue weighted by Gasteiger charge is 2.32. The lowest BCUT2D eigenvalue weighted by atomic mass is 10.1. The quantitative estimate of drug-likeness (QED) is 0.824. The fourth-order valence-electron chi connectivity index (χ4n) is 2.41. The highest BCUT2D eigenvalue weighted by atomic mass is 32.1. The van der Waals surface area contributed by atoms with Gasteiger partial charge in [0.15, 0.2) is 0 Å². The van der Waals surface area contributed by atoms with Crippen LogP contribution in [0.4, 0.5) is 0 Å². The van der Waals surface area contributed by atoms with Gasteiger partial charge in [-0.2, -0.15) is 0 Å². The van der Waals surface area contributed by atoms with Gasteiger partial charge in [0.2, 0.25) is 0 Å². The van der Waals surface area contributed by atoms with Crippen LogP contribution in [-0.2, 0) is 6.42 Å². The minimum atomic E-state index is 0.591. The molecular weight excluding hydrogens is 238 g/mol. The van der Waals surface area contributed by atoms with Gasteiger partial charge in [-0.3, -0.25) is 0 Å². The lowest BCUT2D eigenvalue weighted by molar-refractivity contribution is 0.491. The number of hydrogen-bond donors (Lipinski definition) is 1. The molecule has 0 amide bonds. The average molecular weight is 257 g/mol. The summed E-state index contributed by atoms with van der Waals surface area (Å²) in [6.07, 6.45) is 3.90. The van der Waals surface area contributed by atoms with Gasteiger partial charge >= 0.3 is 0 Å². The molecule has 1 atom stereocenters. The Morgan fingerprint density at radius 1 is 1.11 bits per heavy atom. The van der Waals surface area contributed by atoms with Crippen molar-refractivity contribution in [3.8, 4) is 0 Å². The molecule has 94 valence electrons. The van der Waals surface area contributed by atoms with E-state index in [0.717, 1.165) is 18.9 Å². The molecule has 0 aliphatic heterocycles. The molecule has 0 saturated heterocycles. The van der Waals surface area contributed by atoms with Crippen molar-refractivity contribution in [3.05, 3.63) is 58.3 Å². The Labute approximate surface area is 113 Å². The fraction of sp³-hybridized carbons (Fsp3) is 0.375. The van der Waals surface area contributed by atoms with Crippen LogP contribution < -0.4 is 5.32 Å². The molecule has 1 fully saturated rings. The highest BCUT2D eigenvalue weighted by molar-refractivity contribution is 7.10. The van der Waals surface area contributed by atoms with E-state index in [2.05, 4.69) is 53.2 Å². The average Bonchev–Trinajstić information content (AvgIpc) is 3.10. The summed E-state index contributed by atoms with van der Waals surface area (Å²) < 4.78 is 0. The van der Waals surface area contributed by atoms with E-state index in [9.17, 15) is 0 Å². The lowest BCUT2D eigenvalue weighted by Gasteiger charge is -2.16. The second-order valence-corrected chi connectivity index (χ2v) is 6.00. The van der Waals surface area contributed by atoms with E-state index >= 15 is 0 Å². The van der Waals surface area contributed by atoms with Gasteiger partial charge in [-0.25, -0.2) is 0 Å². The Morgan fingerprint density at radius 3 is 2.61 bits per heavy atom. The fourth-order valence-corrected chi connectivity index (χ4v) is 3.31. The van der Waals surface area contributed by atoms with Crippen molar-refractivity contribution in [1.82, 2.24) is 5.32 Å². The summed E-state index contributed by atoms with van der Waals surface area (Å²) in [6, 6.07) is 15.7. The van der Waals surface area contributed by atoms with E-state index in [4.69, 9.17) is 0 Å². The zero-order valence-corrected chi connectivity index (χ0v) is 11.3. The first-order chi connectivity index (χ1) is 8.93. The van der Waals surface area contributed by atoms with Crippen LogP contribution in [0, 0.1) is 5.92 Å². The SMILES string of the molecule is c1ccc(CCNC(c2cccs2)C2CC2)cc1. The molecule has 1 saturated carbocycles. The van der Waals surface area contributed by atoms with Crippen molar-refractivity contribution in [2.45, 2.75) is 25.3 Å². The highest BCUT2D eigenvalue weighted by Crippen LogP contribution is 2.42. The second-order valence-electron chi connectivity index (χ2n) is 5.02. The van der Waals surface area contributed by atoms with Gasteiger partial charge in [0.1, 0.15) is 0 Å². The van der Waals surface area contributed by atoms with Gasteiger partial charge in [0, 0.05) is 10.9 Å². The smallest absolute Gasteiger partial charge is 0.0443 e. The molecule has 1 N–H and O–H groups in total. The number of nitrogens with one attached hydrogen (secondary N) is 1. The van der Waals surface area contributed by atoms with E-state index < -0.39 is 0 Å².